The summed E-state index contributed by atoms with van der Waals surface area (Å²) in [5, 5.41) is 10.6. The fourth-order valence-electron chi connectivity index (χ4n) is 2.10. The molecule has 0 fully saturated rings. The summed E-state index contributed by atoms with van der Waals surface area (Å²) >= 11 is 2.74. The molecule has 0 unspecified atom stereocenters. The number of anilines is 2. The van der Waals surface area contributed by atoms with E-state index in [4.69, 9.17) is 0 Å². The van der Waals surface area contributed by atoms with E-state index in [1.54, 1.807) is 30.4 Å². The summed E-state index contributed by atoms with van der Waals surface area (Å²) in [6, 6.07) is 12.6. The second-order valence-electron chi connectivity index (χ2n) is 5.14. The van der Waals surface area contributed by atoms with Crippen LogP contribution in [0.4, 0.5) is 15.6 Å². The standard InChI is InChI=1S/C17H16N4O2S2/c1-11-14(15(22)18-10-13-8-5-9-24-13)25-17(19-11)21-16(23)20-12-6-3-2-4-7-12/h2-9H,10H2,1H3,(H,18,22)(H2,19,20,21,23). The lowest BCUT2D eigenvalue weighted by Gasteiger charge is -2.04. The third-order valence-electron chi connectivity index (χ3n) is 3.26. The van der Waals surface area contributed by atoms with Crippen molar-refractivity contribution in [2.45, 2.75) is 13.5 Å². The first-order chi connectivity index (χ1) is 12.1. The van der Waals surface area contributed by atoms with Gasteiger partial charge in [-0.15, -0.1) is 11.3 Å². The molecule has 0 aliphatic heterocycles. The number of hydrogen-bond acceptors (Lipinski definition) is 5. The van der Waals surface area contributed by atoms with Gasteiger partial charge in [0.25, 0.3) is 5.91 Å². The number of carbonyl (C=O) groups is 2. The van der Waals surface area contributed by atoms with Crippen molar-refractivity contribution in [2.24, 2.45) is 0 Å². The van der Waals surface area contributed by atoms with Gasteiger partial charge in [-0.05, 0) is 30.5 Å². The number of para-hydroxylation sites is 1. The van der Waals surface area contributed by atoms with E-state index in [2.05, 4.69) is 20.9 Å². The molecule has 25 heavy (non-hydrogen) atoms. The number of nitrogens with one attached hydrogen (secondary N) is 3. The molecule has 3 rings (SSSR count). The van der Waals surface area contributed by atoms with E-state index in [1.165, 1.54) is 0 Å². The molecule has 0 radical (unpaired) electrons. The van der Waals surface area contributed by atoms with Gasteiger partial charge in [0.05, 0.1) is 12.2 Å². The zero-order chi connectivity index (χ0) is 17.6. The van der Waals surface area contributed by atoms with E-state index < -0.39 is 6.03 Å². The van der Waals surface area contributed by atoms with E-state index in [0.29, 0.717) is 27.9 Å². The van der Waals surface area contributed by atoms with Crippen LogP contribution in [0.3, 0.4) is 0 Å². The van der Waals surface area contributed by atoms with Crippen LogP contribution in [0.2, 0.25) is 0 Å². The molecular weight excluding hydrogens is 356 g/mol. The van der Waals surface area contributed by atoms with Crippen molar-refractivity contribution in [1.29, 1.82) is 0 Å². The summed E-state index contributed by atoms with van der Waals surface area (Å²) < 4.78 is 0. The number of carbonyl (C=O) groups excluding carboxylic acids is 2. The highest BCUT2D eigenvalue weighted by atomic mass is 32.1. The number of hydrogen-bond donors (Lipinski definition) is 3. The topological polar surface area (TPSA) is 83.1 Å². The maximum Gasteiger partial charge on any atom is 0.325 e. The summed E-state index contributed by atoms with van der Waals surface area (Å²) in [6.45, 7) is 2.22. The molecule has 0 saturated carbocycles. The van der Waals surface area contributed by atoms with Crippen LogP contribution in [0.1, 0.15) is 20.2 Å². The highest BCUT2D eigenvalue weighted by Gasteiger charge is 2.16. The molecule has 2 aromatic heterocycles. The molecule has 0 aliphatic carbocycles. The van der Waals surface area contributed by atoms with E-state index in [-0.39, 0.29) is 5.91 Å². The molecule has 3 aromatic rings. The van der Waals surface area contributed by atoms with Crippen molar-refractivity contribution in [2.75, 3.05) is 10.6 Å². The SMILES string of the molecule is Cc1nc(NC(=O)Nc2ccccc2)sc1C(=O)NCc1cccs1. The Kier molecular flexibility index (Phi) is 5.42. The molecule has 128 valence electrons. The maximum absolute atomic E-state index is 12.3. The number of nitrogens with zero attached hydrogens (tertiary/aromatic N) is 1. The van der Waals surface area contributed by atoms with Gasteiger partial charge in [0.1, 0.15) is 4.88 Å². The predicted molar refractivity (Wildman–Crippen MR) is 101 cm³/mol. The highest BCUT2D eigenvalue weighted by molar-refractivity contribution is 7.17. The Morgan fingerprint density at radius 1 is 1.08 bits per heavy atom. The normalized spacial score (nSPS) is 10.3. The first kappa shape index (κ1) is 17.1. The van der Waals surface area contributed by atoms with E-state index >= 15 is 0 Å². The fraction of sp³-hybridized carbons (Fsp3) is 0.118. The molecular formula is C17H16N4O2S2. The number of thiazole rings is 1. The van der Waals surface area contributed by atoms with Gasteiger partial charge in [-0.3, -0.25) is 10.1 Å². The Balaban J connectivity index is 1.59. The molecule has 0 aliphatic rings. The van der Waals surface area contributed by atoms with Crippen LogP contribution in [-0.2, 0) is 6.54 Å². The number of rotatable bonds is 5. The van der Waals surface area contributed by atoms with Crippen molar-refractivity contribution in [1.82, 2.24) is 10.3 Å². The lowest BCUT2D eigenvalue weighted by Crippen LogP contribution is -2.22. The van der Waals surface area contributed by atoms with Gasteiger partial charge >= 0.3 is 6.03 Å². The van der Waals surface area contributed by atoms with Crippen LogP contribution in [0.5, 0.6) is 0 Å². The summed E-state index contributed by atoms with van der Waals surface area (Å²) in [4.78, 5) is 30.1. The molecule has 1 aromatic carbocycles. The van der Waals surface area contributed by atoms with Crippen LogP contribution in [0, 0.1) is 6.92 Å². The summed E-state index contributed by atoms with van der Waals surface area (Å²) in [5.41, 5.74) is 1.27. The van der Waals surface area contributed by atoms with Gasteiger partial charge in [-0.1, -0.05) is 35.6 Å². The van der Waals surface area contributed by atoms with Gasteiger partial charge < -0.3 is 10.6 Å². The van der Waals surface area contributed by atoms with Gasteiger partial charge in [0.2, 0.25) is 0 Å². The van der Waals surface area contributed by atoms with E-state index in [9.17, 15) is 9.59 Å². The first-order valence-corrected chi connectivity index (χ1v) is 9.22. The summed E-state index contributed by atoms with van der Waals surface area (Å²) in [6.07, 6.45) is 0. The smallest absolute Gasteiger partial charge is 0.325 e. The van der Waals surface area contributed by atoms with Crippen molar-refractivity contribution < 1.29 is 9.59 Å². The average molecular weight is 372 g/mol. The van der Waals surface area contributed by atoms with E-state index in [0.717, 1.165) is 16.2 Å². The molecule has 0 bridgehead atoms. The highest BCUT2D eigenvalue weighted by Crippen LogP contribution is 2.23. The second kappa shape index (κ2) is 7.91. The number of benzene rings is 1. The van der Waals surface area contributed by atoms with Crippen molar-refractivity contribution in [3.05, 3.63) is 63.3 Å². The van der Waals surface area contributed by atoms with Gasteiger partial charge in [-0.2, -0.15) is 0 Å². The third-order valence-corrected chi connectivity index (χ3v) is 5.21. The second-order valence-corrected chi connectivity index (χ2v) is 7.17. The molecule has 8 heteroatoms. The van der Waals surface area contributed by atoms with Crippen LogP contribution >= 0.6 is 22.7 Å². The molecule has 0 saturated heterocycles. The Morgan fingerprint density at radius 3 is 2.60 bits per heavy atom. The Hall–Kier alpha value is -2.71. The minimum Gasteiger partial charge on any atom is -0.346 e. The summed E-state index contributed by atoms with van der Waals surface area (Å²) in [5.74, 6) is -0.195. The Morgan fingerprint density at radius 2 is 1.88 bits per heavy atom. The average Bonchev–Trinajstić information content (AvgIpc) is 3.23. The first-order valence-electron chi connectivity index (χ1n) is 7.53. The Labute approximate surface area is 152 Å². The molecule has 3 N–H and O–H groups in total. The Bertz CT molecular complexity index is 860. The number of urea groups is 1. The van der Waals surface area contributed by atoms with Crippen LogP contribution in [0.15, 0.2) is 47.8 Å². The van der Waals surface area contributed by atoms with Crippen LogP contribution in [-0.4, -0.2) is 16.9 Å². The number of aryl methyl sites for hydroxylation is 1. The summed E-state index contributed by atoms with van der Waals surface area (Å²) in [7, 11) is 0. The zero-order valence-corrected chi connectivity index (χ0v) is 15.0. The van der Waals surface area contributed by atoms with Crippen molar-refractivity contribution in [3.63, 3.8) is 0 Å². The molecule has 0 atom stereocenters. The molecule has 3 amide bonds. The maximum atomic E-state index is 12.3. The van der Waals surface area contributed by atoms with Crippen molar-refractivity contribution in [3.8, 4) is 0 Å². The van der Waals surface area contributed by atoms with Crippen LogP contribution in [0.25, 0.3) is 0 Å². The zero-order valence-electron chi connectivity index (χ0n) is 13.4. The largest absolute Gasteiger partial charge is 0.346 e. The van der Waals surface area contributed by atoms with Crippen LogP contribution < -0.4 is 16.0 Å². The number of amides is 3. The third kappa shape index (κ3) is 4.65. The predicted octanol–water partition coefficient (Wildman–Crippen LogP) is 4.09. The molecule has 6 nitrogen and oxygen atoms in total. The lowest BCUT2D eigenvalue weighted by molar-refractivity contribution is 0.0954. The monoisotopic (exact) mass is 372 g/mol. The van der Waals surface area contributed by atoms with E-state index in [1.807, 2.05) is 35.7 Å². The van der Waals surface area contributed by atoms with Crippen molar-refractivity contribution >= 4 is 45.4 Å². The molecule has 2 heterocycles. The lowest BCUT2D eigenvalue weighted by atomic mass is 10.3. The minimum atomic E-state index is -0.398. The van der Waals surface area contributed by atoms with Gasteiger partial charge in [0, 0.05) is 10.6 Å². The fourth-order valence-corrected chi connectivity index (χ4v) is 3.62. The molecule has 0 spiro atoms. The number of thiophene rings is 1. The van der Waals surface area contributed by atoms with Gasteiger partial charge in [0.15, 0.2) is 5.13 Å². The van der Waals surface area contributed by atoms with Gasteiger partial charge in [-0.25, -0.2) is 9.78 Å². The minimum absolute atomic E-state index is 0.195. The number of aromatic nitrogens is 1. The quantitative estimate of drug-likeness (QED) is 0.631.